The standard InChI is InChI=1S/C12H17O5/c1-15-10-5-3-7-12(9-10,16-2)17-8-4-6-11(13)14/h3,5,7,9H,4,6,8H2,1-2H3,(H,13,14). The largest absolute Gasteiger partial charge is 0.501 e. The number of hydrogen-bond donors (Lipinski definition) is 1. The normalized spacial score (nSPS) is 23.3. The van der Waals surface area contributed by atoms with Gasteiger partial charge >= 0.3 is 5.97 Å². The van der Waals surface area contributed by atoms with Gasteiger partial charge in [0.2, 0.25) is 5.79 Å². The Labute approximate surface area is 101 Å². The fraction of sp³-hybridized carbons (Fsp3) is 0.500. The average Bonchev–Trinajstić information content (AvgIpc) is 2.35. The Morgan fingerprint density at radius 1 is 1.47 bits per heavy atom. The van der Waals surface area contributed by atoms with Crippen LogP contribution in [0.3, 0.4) is 0 Å². The summed E-state index contributed by atoms with van der Waals surface area (Å²) < 4.78 is 15.9. The Morgan fingerprint density at radius 2 is 2.24 bits per heavy atom. The molecule has 95 valence electrons. The molecular weight excluding hydrogens is 224 g/mol. The predicted molar refractivity (Wildman–Crippen MR) is 61.1 cm³/mol. The van der Waals surface area contributed by atoms with Gasteiger partial charge in [0.15, 0.2) is 0 Å². The molecule has 0 fully saturated rings. The molecule has 1 rings (SSSR count). The summed E-state index contributed by atoms with van der Waals surface area (Å²) in [5.74, 6) is -1.15. The minimum absolute atomic E-state index is 0.0798. The maximum Gasteiger partial charge on any atom is 0.303 e. The van der Waals surface area contributed by atoms with Crippen LogP contribution in [-0.2, 0) is 19.0 Å². The number of hydrogen-bond acceptors (Lipinski definition) is 4. The van der Waals surface area contributed by atoms with Gasteiger partial charge < -0.3 is 19.3 Å². The highest BCUT2D eigenvalue weighted by Gasteiger charge is 2.28. The lowest BCUT2D eigenvalue weighted by atomic mass is 10.1. The number of carbonyl (C=O) groups is 1. The van der Waals surface area contributed by atoms with E-state index in [1.54, 1.807) is 31.8 Å². The third-order valence-electron chi connectivity index (χ3n) is 2.35. The molecule has 1 radical (unpaired) electrons. The smallest absolute Gasteiger partial charge is 0.303 e. The quantitative estimate of drug-likeness (QED) is 0.540. The lowest BCUT2D eigenvalue weighted by molar-refractivity contribution is -0.158. The van der Waals surface area contributed by atoms with E-state index >= 15 is 0 Å². The minimum atomic E-state index is -0.960. The lowest BCUT2D eigenvalue weighted by Gasteiger charge is -2.29. The molecule has 0 aromatic heterocycles. The first-order valence-corrected chi connectivity index (χ1v) is 5.32. The Bertz CT molecular complexity index is 321. The second-order valence-electron chi connectivity index (χ2n) is 3.55. The minimum Gasteiger partial charge on any atom is -0.501 e. The fourth-order valence-corrected chi connectivity index (χ4v) is 1.43. The van der Waals surface area contributed by atoms with Gasteiger partial charge in [0.05, 0.1) is 13.7 Å². The fourth-order valence-electron chi connectivity index (χ4n) is 1.43. The first-order valence-electron chi connectivity index (χ1n) is 5.32. The van der Waals surface area contributed by atoms with Gasteiger partial charge in [0.1, 0.15) is 5.76 Å². The van der Waals surface area contributed by atoms with Gasteiger partial charge in [-0.15, -0.1) is 0 Å². The molecular formula is C12H17O5. The molecule has 0 saturated carbocycles. The molecule has 0 aromatic rings. The molecule has 1 atom stereocenters. The van der Waals surface area contributed by atoms with Crippen molar-refractivity contribution in [3.8, 4) is 0 Å². The molecule has 0 aromatic carbocycles. The van der Waals surface area contributed by atoms with Crippen LogP contribution in [0.15, 0.2) is 24.0 Å². The Balaban J connectivity index is 2.51. The zero-order valence-electron chi connectivity index (χ0n) is 10.0. The maximum absolute atomic E-state index is 10.4. The average molecular weight is 241 g/mol. The van der Waals surface area contributed by atoms with Gasteiger partial charge in [-0.05, 0) is 12.5 Å². The third-order valence-corrected chi connectivity index (χ3v) is 2.35. The Hall–Kier alpha value is -1.33. The van der Waals surface area contributed by atoms with Crippen molar-refractivity contribution in [2.75, 3.05) is 20.8 Å². The molecule has 5 nitrogen and oxygen atoms in total. The van der Waals surface area contributed by atoms with E-state index in [-0.39, 0.29) is 6.42 Å². The SMILES string of the molecule is COC1=CC(OC)(OCCCC(=O)O)C=C[CH]1. The second kappa shape index (κ2) is 6.42. The maximum atomic E-state index is 10.4. The van der Waals surface area contributed by atoms with Crippen molar-refractivity contribution in [1.82, 2.24) is 0 Å². The van der Waals surface area contributed by atoms with Crippen LogP contribution in [0.4, 0.5) is 0 Å². The molecule has 0 aliphatic heterocycles. The summed E-state index contributed by atoms with van der Waals surface area (Å²) in [5, 5.41) is 8.51. The van der Waals surface area contributed by atoms with Crippen LogP contribution in [0, 0.1) is 6.42 Å². The summed E-state index contributed by atoms with van der Waals surface area (Å²) in [4.78, 5) is 10.4. The van der Waals surface area contributed by atoms with Crippen LogP contribution < -0.4 is 0 Å². The Kier molecular flexibility index (Phi) is 5.18. The van der Waals surface area contributed by atoms with Crippen LogP contribution in [0.2, 0.25) is 0 Å². The summed E-state index contributed by atoms with van der Waals surface area (Å²) in [6.45, 7) is 0.304. The monoisotopic (exact) mass is 241 g/mol. The summed E-state index contributed by atoms with van der Waals surface area (Å²) >= 11 is 0. The van der Waals surface area contributed by atoms with Crippen molar-refractivity contribution >= 4 is 5.97 Å². The third kappa shape index (κ3) is 4.20. The zero-order valence-corrected chi connectivity index (χ0v) is 10.0. The number of carboxylic acids is 1. The van der Waals surface area contributed by atoms with Crippen molar-refractivity contribution in [3.05, 3.63) is 30.4 Å². The van der Waals surface area contributed by atoms with Crippen LogP contribution in [0.1, 0.15) is 12.8 Å². The van der Waals surface area contributed by atoms with Gasteiger partial charge in [-0.25, -0.2) is 0 Å². The number of aliphatic carboxylic acids is 1. The molecule has 1 N–H and O–H groups in total. The van der Waals surface area contributed by atoms with Crippen LogP contribution in [-0.4, -0.2) is 37.7 Å². The topological polar surface area (TPSA) is 65.0 Å². The van der Waals surface area contributed by atoms with E-state index in [1.165, 1.54) is 7.11 Å². The molecule has 17 heavy (non-hydrogen) atoms. The summed E-state index contributed by atoms with van der Waals surface area (Å²) in [6, 6.07) is 0. The lowest BCUT2D eigenvalue weighted by Crippen LogP contribution is -2.33. The highest BCUT2D eigenvalue weighted by molar-refractivity contribution is 5.66. The van der Waals surface area contributed by atoms with Crippen molar-refractivity contribution < 1.29 is 24.1 Å². The molecule has 1 aliphatic rings. The zero-order chi connectivity index (χ0) is 12.7. The van der Waals surface area contributed by atoms with Gasteiger partial charge in [0, 0.05) is 26.0 Å². The number of carboxylic acid groups (broad SMARTS) is 1. The number of rotatable bonds is 7. The first kappa shape index (κ1) is 13.7. The van der Waals surface area contributed by atoms with Gasteiger partial charge in [-0.2, -0.15) is 0 Å². The summed E-state index contributed by atoms with van der Waals surface area (Å²) in [5.41, 5.74) is 0. The van der Waals surface area contributed by atoms with Crippen molar-refractivity contribution in [2.24, 2.45) is 0 Å². The second-order valence-corrected chi connectivity index (χ2v) is 3.55. The molecule has 0 amide bonds. The van der Waals surface area contributed by atoms with E-state index in [9.17, 15) is 4.79 Å². The highest BCUT2D eigenvalue weighted by Crippen LogP contribution is 2.25. The van der Waals surface area contributed by atoms with E-state index in [2.05, 4.69) is 0 Å². The van der Waals surface area contributed by atoms with Crippen LogP contribution in [0.25, 0.3) is 0 Å². The Morgan fingerprint density at radius 3 is 2.82 bits per heavy atom. The molecule has 5 heteroatoms. The highest BCUT2D eigenvalue weighted by atomic mass is 16.7. The van der Waals surface area contributed by atoms with Gasteiger partial charge in [-0.3, -0.25) is 4.79 Å². The predicted octanol–water partition coefficient (Wildman–Crippen LogP) is 1.51. The van der Waals surface area contributed by atoms with Crippen LogP contribution >= 0.6 is 0 Å². The first-order chi connectivity index (χ1) is 8.12. The van der Waals surface area contributed by atoms with Crippen molar-refractivity contribution in [1.29, 1.82) is 0 Å². The molecule has 0 heterocycles. The number of methoxy groups -OCH3 is 2. The van der Waals surface area contributed by atoms with E-state index in [1.807, 2.05) is 0 Å². The summed E-state index contributed by atoms with van der Waals surface area (Å²) in [7, 11) is 3.09. The van der Waals surface area contributed by atoms with E-state index < -0.39 is 11.8 Å². The van der Waals surface area contributed by atoms with Gasteiger partial charge in [0.25, 0.3) is 0 Å². The molecule has 1 aliphatic carbocycles. The number of allylic oxidation sites excluding steroid dienone is 1. The van der Waals surface area contributed by atoms with E-state index in [0.29, 0.717) is 18.8 Å². The van der Waals surface area contributed by atoms with E-state index in [0.717, 1.165) is 0 Å². The van der Waals surface area contributed by atoms with Crippen LogP contribution in [0.5, 0.6) is 0 Å². The molecule has 0 spiro atoms. The van der Waals surface area contributed by atoms with Crippen molar-refractivity contribution in [2.45, 2.75) is 18.6 Å². The molecule has 1 unspecified atom stereocenters. The number of ether oxygens (including phenoxy) is 3. The summed E-state index contributed by atoms with van der Waals surface area (Å²) in [6.07, 6.45) is 7.53. The van der Waals surface area contributed by atoms with E-state index in [4.69, 9.17) is 19.3 Å². The molecule has 0 bridgehead atoms. The van der Waals surface area contributed by atoms with Gasteiger partial charge in [-0.1, -0.05) is 6.08 Å². The van der Waals surface area contributed by atoms with Crippen molar-refractivity contribution in [3.63, 3.8) is 0 Å². The molecule has 0 saturated heterocycles.